The molecule has 0 aliphatic carbocycles. The van der Waals surface area contributed by atoms with E-state index in [1.807, 2.05) is 43.3 Å². The van der Waals surface area contributed by atoms with E-state index in [0.717, 1.165) is 11.1 Å². The van der Waals surface area contributed by atoms with E-state index in [0.29, 0.717) is 11.4 Å². The van der Waals surface area contributed by atoms with Gasteiger partial charge in [-0.1, -0.05) is 36.4 Å². The number of nitrogens with zero attached hydrogens (tertiary/aromatic N) is 4. The predicted molar refractivity (Wildman–Crippen MR) is 142 cm³/mol. The lowest BCUT2D eigenvalue weighted by atomic mass is 10.2. The molecule has 5 aromatic rings. The number of esters is 1. The first-order chi connectivity index (χ1) is 18.5. The molecule has 190 valence electrons. The Hall–Kier alpha value is -5.05. The van der Waals surface area contributed by atoms with Crippen molar-refractivity contribution in [1.29, 1.82) is 0 Å². The number of aromatic nitrogens is 3. The SMILES string of the molecule is CCOC(=O)c1cc2c(=O)n3cccc(C)c3nc2n(Cc2ccco2)c1=NC(=O)/C=C/c1ccccc1. The summed E-state index contributed by atoms with van der Waals surface area (Å²) in [5, 5.41) is 0.175. The molecule has 0 fully saturated rings. The molecule has 5 rings (SSSR count). The summed E-state index contributed by atoms with van der Waals surface area (Å²) < 4.78 is 13.8. The van der Waals surface area contributed by atoms with Crippen molar-refractivity contribution in [3.05, 3.63) is 117 Å². The van der Waals surface area contributed by atoms with Gasteiger partial charge in [0.25, 0.3) is 11.5 Å². The number of fused-ring (bicyclic) bond motifs is 2. The second kappa shape index (κ2) is 10.5. The van der Waals surface area contributed by atoms with Crippen LogP contribution in [0.25, 0.3) is 22.8 Å². The molecule has 0 atom stereocenters. The minimum atomic E-state index is -0.713. The molecule has 1 amide bonds. The van der Waals surface area contributed by atoms with E-state index in [9.17, 15) is 14.4 Å². The summed E-state index contributed by atoms with van der Waals surface area (Å²) in [5.41, 5.74) is 1.93. The average Bonchev–Trinajstić information content (AvgIpc) is 3.43. The first-order valence-corrected chi connectivity index (χ1v) is 12.0. The Morgan fingerprint density at radius 1 is 1.08 bits per heavy atom. The number of hydrogen-bond acceptors (Lipinski definition) is 6. The van der Waals surface area contributed by atoms with Crippen LogP contribution in [0.4, 0.5) is 0 Å². The van der Waals surface area contributed by atoms with Gasteiger partial charge in [-0.3, -0.25) is 14.0 Å². The smallest absolute Gasteiger partial charge is 0.341 e. The fraction of sp³-hybridized carbons (Fsp3) is 0.138. The van der Waals surface area contributed by atoms with Crippen LogP contribution in [0.5, 0.6) is 0 Å². The van der Waals surface area contributed by atoms with Gasteiger partial charge in [0, 0.05) is 12.3 Å². The third kappa shape index (κ3) is 4.81. The van der Waals surface area contributed by atoms with Gasteiger partial charge in [-0.2, -0.15) is 4.99 Å². The highest BCUT2D eigenvalue weighted by Gasteiger charge is 2.21. The van der Waals surface area contributed by atoms with Gasteiger partial charge in [-0.25, -0.2) is 9.78 Å². The molecule has 0 unspecified atom stereocenters. The molecule has 0 saturated heterocycles. The van der Waals surface area contributed by atoms with Crippen LogP contribution in [-0.2, 0) is 16.1 Å². The molecule has 38 heavy (non-hydrogen) atoms. The van der Waals surface area contributed by atoms with E-state index in [1.54, 1.807) is 42.0 Å². The third-order valence-corrected chi connectivity index (χ3v) is 5.93. The Labute approximate surface area is 217 Å². The molecule has 0 radical (unpaired) electrons. The van der Waals surface area contributed by atoms with E-state index < -0.39 is 11.9 Å². The van der Waals surface area contributed by atoms with Crippen LogP contribution in [0.15, 0.2) is 93.4 Å². The molecule has 1 aromatic carbocycles. The van der Waals surface area contributed by atoms with Gasteiger partial charge in [-0.15, -0.1) is 0 Å². The summed E-state index contributed by atoms with van der Waals surface area (Å²) in [5.74, 6) is -0.789. The number of ether oxygens (including phenoxy) is 1. The van der Waals surface area contributed by atoms with Crippen molar-refractivity contribution in [1.82, 2.24) is 14.0 Å². The van der Waals surface area contributed by atoms with Crippen molar-refractivity contribution in [3.8, 4) is 0 Å². The van der Waals surface area contributed by atoms with Crippen molar-refractivity contribution in [3.63, 3.8) is 0 Å². The minimum absolute atomic E-state index is 0.0138. The Morgan fingerprint density at radius 2 is 1.89 bits per heavy atom. The Bertz CT molecular complexity index is 1810. The molecule has 0 bridgehead atoms. The molecule has 0 N–H and O–H groups in total. The summed E-state index contributed by atoms with van der Waals surface area (Å²) >= 11 is 0. The quantitative estimate of drug-likeness (QED) is 0.195. The largest absolute Gasteiger partial charge is 0.467 e. The standard InChI is InChI=1S/C29H24N4O5/c1-3-37-29(36)23-17-22-26(31-25-19(2)9-7-15-32(25)28(22)35)33(18-21-12-8-16-38-21)27(23)30-24(34)14-13-20-10-5-4-6-11-20/h4-17H,3,18H2,1-2H3/b14-13+,30-27?. The number of pyridine rings is 2. The number of carbonyl (C=O) groups excluding carboxylic acids is 2. The normalized spacial score (nSPS) is 12.0. The second-order valence-electron chi connectivity index (χ2n) is 8.50. The molecular formula is C29H24N4O5. The lowest BCUT2D eigenvalue weighted by molar-refractivity contribution is -0.113. The summed E-state index contributed by atoms with van der Waals surface area (Å²) in [6, 6.07) is 17.8. The van der Waals surface area contributed by atoms with Gasteiger partial charge in [0.05, 0.1) is 24.8 Å². The molecule has 4 aromatic heterocycles. The van der Waals surface area contributed by atoms with E-state index in [1.165, 1.54) is 22.8 Å². The number of rotatable bonds is 6. The number of furan rings is 1. The van der Waals surface area contributed by atoms with Crippen molar-refractivity contribution >= 4 is 34.6 Å². The first-order valence-electron chi connectivity index (χ1n) is 12.0. The highest BCUT2D eigenvalue weighted by Crippen LogP contribution is 2.15. The number of aryl methyl sites for hydroxylation is 1. The van der Waals surface area contributed by atoms with Crippen LogP contribution < -0.4 is 11.0 Å². The molecule has 9 nitrogen and oxygen atoms in total. The van der Waals surface area contributed by atoms with Crippen molar-refractivity contribution in [2.24, 2.45) is 4.99 Å². The monoisotopic (exact) mass is 508 g/mol. The van der Waals surface area contributed by atoms with Crippen LogP contribution in [0.2, 0.25) is 0 Å². The second-order valence-corrected chi connectivity index (χ2v) is 8.50. The van der Waals surface area contributed by atoms with Gasteiger partial charge in [0.1, 0.15) is 22.6 Å². The molecule has 9 heteroatoms. The molecule has 0 spiro atoms. The van der Waals surface area contributed by atoms with Gasteiger partial charge in [0.2, 0.25) is 0 Å². The summed E-state index contributed by atoms with van der Waals surface area (Å²) in [4.78, 5) is 48.7. The van der Waals surface area contributed by atoms with Crippen LogP contribution >= 0.6 is 0 Å². The van der Waals surface area contributed by atoms with Gasteiger partial charge in [-0.05, 0) is 55.3 Å². The molecule has 0 aliphatic rings. The topological polar surface area (TPSA) is 108 Å². The average molecular weight is 509 g/mol. The molecule has 0 saturated carbocycles. The summed E-state index contributed by atoms with van der Waals surface area (Å²) in [6.45, 7) is 3.69. The van der Waals surface area contributed by atoms with E-state index in [2.05, 4.69) is 4.99 Å². The zero-order valence-electron chi connectivity index (χ0n) is 20.8. The lowest BCUT2D eigenvalue weighted by Crippen LogP contribution is -2.33. The zero-order chi connectivity index (χ0) is 26.6. The minimum Gasteiger partial charge on any atom is -0.467 e. The maximum Gasteiger partial charge on any atom is 0.341 e. The first kappa shape index (κ1) is 24.6. The maximum atomic E-state index is 13.5. The highest BCUT2D eigenvalue weighted by atomic mass is 16.5. The van der Waals surface area contributed by atoms with Gasteiger partial charge < -0.3 is 13.7 Å². The number of amides is 1. The van der Waals surface area contributed by atoms with Crippen LogP contribution in [0, 0.1) is 6.92 Å². The maximum absolute atomic E-state index is 13.5. The highest BCUT2D eigenvalue weighted by molar-refractivity contribution is 5.96. The van der Waals surface area contributed by atoms with Crippen molar-refractivity contribution < 1.29 is 18.7 Å². The van der Waals surface area contributed by atoms with E-state index in [4.69, 9.17) is 14.1 Å². The van der Waals surface area contributed by atoms with E-state index in [-0.39, 0.29) is 40.8 Å². The molecule has 4 heterocycles. The van der Waals surface area contributed by atoms with Crippen LogP contribution in [-0.4, -0.2) is 32.4 Å². The Morgan fingerprint density at radius 3 is 2.63 bits per heavy atom. The Balaban J connectivity index is 1.83. The number of benzene rings is 1. The van der Waals surface area contributed by atoms with Gasteiger partial charge >= 0.3 is 5.97 Å². The fourth-order valence-electron chi connectivity index (χ4n) is 4.15. The summed E-state index contributed by atoms with van der Waals surface area (Å²) in [7, 11) is 0. The van der Waals surface area contributed by atoms with Gasteiger partial charge in [0.15, 0.2) is 5.49 Å². The lowest BCUT2D eigenvalue weighted by Gasteiger charge is -2.14. The van der Waals surface area contributed by atoms with Crippen LogP contribution in [0.1, 0.15) is 34.2 Å². The van der Waals surface area contributed by atoms with Crippen molar-refractivity contribution in [2.75, 3.05) is 6.61 Å². The zero-order valence-corrected chi connectivity index (χ0v) is 20.8. The fourth-order valence-corrected chi connectivity index (χ4v) is 4.15. The summed E-state index contributed by atoms with van der Waals surface area (Å²) in [6.07, 6.45) is 6.09. The van der Waals surface area contributed by atoms with Crippen molar-refractivity contribution in [2.45, 2.75) is 20.4 Å². The molecule has 0 aliphatic heterocycles. The van der Waals surface area contributed by atoms with E-state index >= 15 is 0 Å². The van der Waals surface area contributed by atoms with Crippen LogP contribution in [0.3, 0.4) is 0 Å². The number of hydrogen-bond donors (Lipinski definition) is 0. The predicted octanol–water partition coefficient (Wildman–Crippen LogP) is 3.92. The number of carbonyl (C=O) groups is 2. The molecular weight excluding hydrogens is 484 g/mol. The Kier molecular flexibility index (Phi) is 6.82. The third-order valence-electron chi connectivity index (χ3n) is 5.93.